The van der Waals surface area contributed by atoms with Crippen LogP contribution in [-0.2, 0) is 4.79 Å². The Kier molecular flexibility index (Phi) is 5.01. The topological polar surface area (TPSA) is 52.6 Å². The van der Waals surface area contributed by atoms with Crippen LogP contribution in [0.4, 0.5) is 0 Å². The van der Waals surface area contributed by atoms with Gasteiger partial charge in [0.25, 0.3) is 0 Å². The molecule has 4 heteroatoms. The molecule has 104 valence electrons. The van der Waals surface area contributed by atoms with Crippen molar-refractivity contribution in [2.45, 2.75) is 45.1 Å². The van der Waals surface area contributed by atoms with Gasteiger partial charge < -0.3 is 15.3 Å². The van der Waals surface area contributed by atoms with E-state index in [4.69, 9.17) is 5.11 Å². The van der Waals surface area contributed by atoms with Crippen molar-refractivity contribution in [3.63, 3.8) is 0 Å². The van der Waals surface area contributed by atoms with E-state index in [0.717, 1.165) is 25.4 Å². The highest BCUT2D eigenvalue weighted by Gasteiger charge is 2.33. The maximum Gasteiger partial charge on any atom is 0.222 e. The Hall–Kier alpha value is -0.610. The number of amides is 1. The van der Waals surface area contributed by atoms with Gasteiger partial charge in [0, 0.05) is 32.1 Å². The second kappa shape index (κ2) is 6.53. The van der Waals surface area contributed by atoms with Gasteiger partial charge in [-0.05, 0) is 24.7 Å². The molecule has 2 N–H and O–H groups in total. The second-order valence-corrected chi connectivity index (χ2v) is 5.81. The molecule has 2 fully saturated rings. The smallest absolute Gasteiger partial charge is 0.222 e. The Morgan fingerprint density at radius 1 is 1.33 bits per heavy atom. The maximum absolute atomic E-state index is 11.9. The second-order valence-electron chi connectivity index (χ2n) is 5.81. The molecule has 4 nitrogen and oxygen atoms in total. The van der Waals surface area contributed by atoms with Gasteiger partial charge in [-0.3, -0.25) is 4.79 Å². The van der Waals surface area contributed by atoms with E-state index in [1.807, 2.05) is 11.8 Å². The van der Waals surface area contributed by atoms with Crippen LogP contribution in [0.15, 0.2) is 0 Å². The fourth-order valence-corrected chi connectivity index (χ4v) is 3.04. The van der Waals surface area contributed by atoms with Crippen molar-refractivity contribution in [1.82, 2.24) is 10.2 Å². The fraction of sp³-hybridized carbons (Fsp3) is 0.929. The monoisotopic (exact) mass is 254 g/mol. The predicted octanol–water partition coefficient (Wildman–Crippen LogP) is 0.995. The van der Waals surface area contributed by atoms with E-state index in [9.17, 15) is 4.79 Å². The zero-order valence-corrected chi connectivity index (χ0v) is 11.4. The number of rotatable bonds is 6. The average molecular weight is 254 g/mol. The molecular weight excluding hydrogens is 228 g/mol. The SMILES string of the molecule is CCC(=O)N1CC(CC2CC2)CC(NCCO)C1. The van der Waals surface area contributed by atoms with Gasteiger partial charge in [-0.2, -0.15) is 0 Å². The van der Waals surface area contributed by atoms with Crippen molar-refractivity contribution >= 4 is 5.91 Å². The van der Waals surface area contributed by atoms with E-state index >= 15 is 0 Å². The molecule has 2 atom stereocenters. The molecule has 0 aromatic carbocycles. The van der Waals surface area contributed by atoms with Gasteiger partial charge in [0.05, 0.1) is 6.61 Å². The number of piperidine rings is 1. The number of aliphatic hydroxyl groups excluding tert-OH is 1. The number of likely N-dealkylation sites (tertiary alicyclic amines) is 1. The molecule has 2 rings (SSSR count). The first-order chi connectivity index (χ1) is 8.72. The third-order valence-electron chi connectivity index (χ3n) is 4.10. The first-order valence-electron chi connectivity index (χ1n) is 7.35. The lowest BCUT2D eigenvalue weighted by Crippen LogP contribution is -2.51. The van der Waals surface area contributed by atoms with Crippen molar-refractivity contribution in [2.24, 2.45) is 11.8 Å². The molecule has 0 bridgehead atoms. The lowest BCUT2D eigenvalue weighted by molar-refractivity contribution is -0.133. The highest BCUT2D eigenvalue weighted by molar-refractivity contribution is 5.76. The Bertz CT molecular complexity index is 279. The molecule has 2 aliphatic rings. The van der Waals surface area contributed by atoms with Gasteiger partial charge >= 0.3 is 0 Å². The highest BCUT2D eigenvalue weighted by atomic mass is 16.3. The minimum absolute atomic E-state index is 0.172. The molecule has 18 heavy (non-hydrogen) atoms. The minimum atomic E-state index is 0.172. The molecule has 2 unspecified atom stereocenters. The third-order valence-corrected chi connectivity index (χ3v) is 4.10. The van der Waals surface area contributed by atoms with Gasteiger partial charge in [-0.15, -0.1) is 0 Å². The van der Waals surface area contributed by atoms with Crippen LogP contribution < -0.4 is 5.32 Å². The van der Waals surface area contributed by atoms with Crippen LogP contribution in [0.1, 0.15) is 39.0 Å². The summed E-state index contributed by atoms with van der Waals surface area (Å²) in [5.41, 5.74) is 0. The molecule has 1 amide bonds. The Morgan fingerprint density at radius 3 is 2.72 bits per heavy atom. The molecular formula is C14H26N2O2. The minimum Gasteiger partial charge on any atom is -0.395 e. The van der Waals surface area contributed by atoms with Gasteiger partial charge in [-0.1, -0.05) is 19.8 Å². The highest BCUT2D eigenvalue weighted by Crippen LogP contribution is 2.37. The zero-order chi connectivity index (χ0) is 13.0. The van der Waals surface area contributed by atoms with E-state index in [1.54, 1.807) is 0 Å². The van der Waals surface area contributed by atoms with E-state index in [0.29, 0.717) is 24.9 Å². The molecule has 1 heterocycles. The number of hydrogen-bond acceptors (Lipinski definition) is 3. The summed E-state index contributed by atoms with van der Waals surface area (Å²) in [6, 6.07) is 0.366. The van der Waals surface area contributed by atoms with Crippen molar-refractivity contribution in [2.75, 3.05) is 26.2 Å². The fourth-order valence-electron chi connectivity index (χ4n) is 3.04. The van der Waals surface area contributed by atoms with Gasteiger partial charge in [0.1, 0.15) is 0 Å². The maximum atomic E-state index is 11.9. The summed E-state index contributed by atoms with van der Waals surface area (Å²) in [6.07, 6.45) is 5.80. The number of nitrogens with zero attached hydrogens (tertiary/aromatic N) is 1. The van der Waals surface area contributed by atoms with Crippen LogP contribution in [0.2, 0.25) is 0 Å². The van der Waals surface area contributed by atoms with Crippen LogP contribution in [0, 0.1) is 11.8 Å². The first kappa shape index (κ1) is 13.8. The number of carbonyl (C=O) groups excluding carboxylic acids is 1. The molecule has 0 radical (unpaired) electrons. The van der Waals surface area contributed by atoms with E-state index < -0.39 is 0 Å². The van der Waals surface area contributed by atoms with Crippen molar-refractivity contribution in [3.05, 3.63) is 0 Å². The Morgan fingerprint density at radius 2 is 2.11 bits per heavy atom. The summed E-state index contributed by atoms with van der Waals surface area (Å²) in [6.45, 7) is 4.50. The molecule has 1 aliphatic carbocycles. The average Bonchev–Trinajstić information content (AvgIpc) is 3.19. The van der Waals surface area contributed by atoms with Crippen molar-refractivity contribution in [1.29, 1.82) is 0 Å². The standard InChI is InChI=1S/C14H26N2O2/c1-2-14(18)16-9-12(7-11-3-4-11)8-13(10-16)15-5-6-17/h11-13,15,17H,2-10H2,1H3. The van der Waals surface area contributed by atoms with E-state index in [-0.39, 0.29) is 12.5 Å². The molecule has 0 aromatic rings. The summed E-state index contributed by atoms with van der Waals surface area (Å²) >= 11 is 0. The summed E-state index contributed by atoms with van der Waals surface area (Å²) in [4.78, 5) is 13.9. The Balaban J connectivity index is 1.88. The number of carbonyl (C=O) groups is 1. The molecule has 0 aromatic heterocycles. The van der Waals surface area contributed by atoms with Crippen LogP contribution >= 0.6 is 0 Å². The van der Waals surface area contributed by atoms with Crippen LogP contribution in [0.3, 0.4) is 0 Å². The van der Waals surface area contributed by atoms with Crippen LogP contribution in [0.5, 0.6) is 0 Å². The lowest BCUT2D eigenvalue weighted by Gasteiger charge is -2.38. The van der Waals surface area contributed by atoms with Crippen molar-refractivity contribution in [3.8, 4) is 0 Å². The molecule has 1 aliphatic heterocycles. The third kappa shape index (κ3) is 3.95. The van der Waals surface area contributed by atoms with Crippen molar-refractivity contribution < 1.29 is 9.90 Å². The normalized spacial score (nSPS) is 28.4. The summed E-state index contributed by atoms with van der Waals surface area (Å²) in [5, 5.41) is 12.3. The summed E-state index contributed by atoms with van der Waals surface area (Å²) in [5.74, 6) is 1.84. The largest absolute Gasteiger partial charge is 0.395 e. The number of nitrogens with one attached hydrogen (secondary N) is 1. The molecule has 1 saturated heterocycles. The summed E-state index contributed by atoms with van der Waals surface area (Å²) in [7, 11) is 0. The summed E-state index contributed by atoms with van der Waals surface area (Å²) < 4.78 is 0. The van der Waals surface area contributed by atoms with Gasteiger partial charge in [0.15, 0.2) is 0 Å². The van der Waals surface area contributed by atoms with Gasteiger partial charge in [0.2, 0.25) is 5.91 Å². The number of hydrogen-bond donors (Lipinski definition) is 2. The zero-order valence-electron chi connectivity index (χ0n) is 11.4. The van der Waals surface area contributed by atoms with E-state index in [1.165, 1.54) is 19.3 Å². The lowest BCUT2D eigenvalue weighted by atomic mass is 9.89. The van der Waals surface area contributed by atoms with Crippen LogP contribution in [0.25, 0.3) is 0 Å². The quantitative estimate of drug-likeness (QED) is 0.743. The Labute approximate surface area is 110 Å². The van der Waals surface area contributed by atoms with E-state index in [2.05, 4.69) is 5.32 Å². The molecule has 0 spiro atoms. The molecule has 1 saturated carbocycles. The number of aliphatic hydroxyl groups is 1. The first-order valence-corrected chi connectivity index (χ1v) is 7.35. The van der Waals surface area contributed by atoms with Gasteiger partial charge in [-0.25, -0.2) is 0 Å². The van der Waals surface area contributed by atoms with Crippen LogP contribution in [-0.4, -0.2) is 48.2 Å². The predicted molar refractivity (Wildman–Crippen MR) is 71.2 cm³/mol.